The average Bonchev–Trinajstić information content (AvgIpc) is 2.63. The molecule has 0 saturated carbocycles. The molecule has 1 heterocycles. The lowest BCUT2D eigenvalue weighted by Gasteiger charge is -2.11. The Kier molecular flexibility index (Phi) is 4.89. The summed E-state index contributed by atoms with van der Waals surface area (Å²) in [6.45, 7) is 0. The van der Waals surface area contributed by atoms with Gasteiger partial charge in [0.05, 0.1) is 6.42 Å². The van der Waals surface area contributed by atoms with Gasteiger partial charge in [-0.15, -0.1) is 0 Å². The highest BCUT2D eigenvalue weighted by Gasteiger charge is 2.13. The number of nitrogens with one attached hydrogen (secondary N) is 1. The molecule has 0 aliphatic heterocycles. The molecule has 0 spiro atoms. The Bertz CT molecular complexity index is 940. The number of rotatable bonds is 6. The van der Waals surface area contributed by atoms with Crippen molar-refractivity contribution in [1.29, 1.82) is 0 Å². The summed E-state index contributed by atoms with van der Waals surface area (Å²) in [6, 6.07) is 16.5. The summed E-state index contributed by atoms with van der Waals surface area (Å²) >= 11 is 0. The minimum absolute atomic E-state index is 0.165. The van der Waals surface area contributed by atoms with Crippen molar-refractivity contribution in [3.05, 3.63) is 71.9 Å². The Morgan fingerprint density at radius 1 is 0.962 bits per heavy atom. The molecule has 2 aromatic carbocycles. The van der Waals surface area contributed by atoms with Crippen molar-refractivity contribution >= 4 is 23.3 Å². The van der Waals surface area contributed by atoms with E-state index in [0.717, 1.165) is 11.1 Å². The number of aromatic nitrogens is 2. The van der Waals surface area contributed by atoms with E-state index in [-0.39, 0.29) is 12.0 Å². The Hall–Kier alpha value is -3.74. The number of carbonyl (C=O) groups is 2. The second kappa shape index (κ2) is 7.43. The molecule has 0 saturated heterocycles. The minimum atomic E-state index is -0.627. The molecule has 0 atom stereocenters. The maximum absolute atomic E-state index is 11.7. The summed E-state index contributed by atoms with van der Waals surface area (Å²) in [5.74, 6) is -0.236. The number of primary amides is 2. The van der Waals surface area contributed by atoms with E-state index in [4.69, 9.17) is 11.5 Å². The van der Waals surface area contributed by atoms with E-state index in [9.17, 15) is 9.59 Å². The molecule has 1 aromatic heterocycles. The first-order valence-electron chi connectivity index (χ1n) is 7.89. The first-order chi connectivity index (χ1) is 12.5. The number of carbonyl (C=O) groups excluding carboxylic acids is 2. The lowest BCUT2D eigenvalue weighted by molar-refractivity contribution is -0.117. The highest BCUT2D eigenvalue weighted by Crippen LogP contribution is 2.22. The number of hydrogen-bond acceptors (Lipinski definition) is 5. The zero-order valence-electron chi connectivity index (χ0n) is 13.8. The second-order valence-corrected chi connectivity index (χ2v) is 5.65. The van der Waals surface area contributed by atoms with Gasteiger partial charge in [0.15, 0.2) is 5.82 Å². The summed E-state index contributed by atoms with van der Waals surface area (Å²) in [5.41, 5.74) is 13.1. The van der Waals surface area contributed by atoms with Gasteiger partial charge >= 0.3 is 0 Å². The fraction of sp³-hybridized carbons (Fsp3) is 0.0526. The van der Waals surface area contributed by atoms with Crippen molar-refractivity contribution < 1.29 is 9.59 Å². The van der Waals surface area contributed by atoms with E-state index in [1.165, 1.54) is 6.20 Å². The van der Waals surface area contributed by atoms with Crippen molar-refractivity contribution in [3.63, 3.8) is 0 Å². The number of benzene rings is 2. The van der Waals surface area contributed by atoms with Crippen LogP contribution < -0.4 is 16.8 Å². The number of nitrogens with zero attached hydrogens (tertiary/aromatic N) is 2. The Morgan fingerprint density at radius 3 is 2.27 bits per heavy atom. The molecule has 130 valence electrons. The first kappa shape index (κ1) is 17.1. The van der Waals surface area contributed by atoms with Crippen molar-refractivity contribution in [2.75, 3.05) is 5.32 Å². The third-order valence-corrected chi connectivity index (χ3v) is 3.68. The molecule has 0 bridgehead atoms. The van der Waals surface area contributed by atoms with Crippen LogP contribution in [0, 0.1) is 0 Å². The van der Waals surface area contributed by atoms with Crippen LogP contribution in [0.1, 0.15) is 15.9 Å². The van der Waals surface area contributed by atoms with Crippen molar-refractivity contribution in [3.8, 4) is 11.4 Å². The molecular weight excluding hydrogens is 330 g/mol. The standard InChI is InChI=1S/C19H17N5O2/c20-16(25)10-12-6-8-14(9-7-12)23-19-15(17(21)26)11-22-18(24-19)13-4-2-1-3-5-13/h1-9,11H,10H2,(H2,20,25)(H2,21,26)(H,22,23,24). The van der Waals surface area contributed by atoms with Gasteiger partial charge in [-0.25, -0.2) is 9.97 Å². The van der Waals surface area contributed by atoms with E-state index in [1.54, 1.807) is 24.3 Å². The molecule has 0 fully saturated rings. The normalized spacial score (nSPS) is 10.3. The van der Waals surface area contributed by atoms with Crippen LogP contribution in [-0.2, 0) is 11.2 Å². The Labute approximate surface area is 150 Å². The third-order valence-electron chi connectivity index (χ3n) is 3.68. The molecule has 7 heteroatoms. The highest BCUT2D eigenvalue weighted by atomic mass is 16.1. The maximum Gasteiger partial charge on any atom is 0.254 e. The van der Waals surface area contributed by atoms with Gasteiger partial charge in [0.1, 0.15) is 11.4 Å². The lowest BCUT2D eigenvalue weighted by atomic mass is 10.1. The van der Waals surface area contributed by atoms with Crippen molar-refractivity contribution in [2.24, 2.45) is 11.5 Å². The fourth-order valence-electron chi connectivity index (χ4n) is 2.43. The van der Waals surface area contributed by atoms with Gasteiger partial charge in [-0.3, -0.25) is 9.59 Å². The minimum Gasteiger partial charge on any atom is -0.369 e. The van der Waals surface area contributed by atoms with Crippen LogP contribution in [0.5, 0.6) is 0 Å². The largest absolute Gasteiger partial charge is 0.369 e. The van der Waals surface area contributed by atoms with Gasteiger partial charge in [0, 0.05) is 17.4 Å². The van der Waals surface area contributed by atoms with Gasteiger partial charge in [0.25, 0.3) is 5.91 Å². The lowest BCUT2D eigenvalue weighted by Crippen LogP contribution is -2.15. The van der Waals surface area contributed by atoms with Gasteiger partial charge in [0.2, 0.25) is 5.91 Å². The third kappa shape index (κ3) is 4.02. The number of hydrogen-bond donors (Lipinski definition) is 3. The maximum atomic E-state index is 11.7. The summed E-state index contributed by atoms with van der Waals surface area (Å²) in [6.07, 6.45) is 1.57. The first-order valence-corrected chi connectivity index (χ1v) is 7.89. The molecule has 0 aliphatic rings. The Balaban J connectivity index is 1.92. The SMILES string of the molecule is NC(=O)Cc1ccc(Nc2nc(-c3ccccc3)ncc2C(N)=O)cc1. The van der Waals surface area contributed by atoms with E-state index in [2.05, 4.69) is 15.3 Å². The molecule has 0 radical (unpaired) electrons. The summed E-state index contributed by atoms with van der Waals surface area (Å²) in [4.78, 5) is 31.3. The predicted octanol–water partition coefficient (Wildman–Crippen LogP) is 2.01. The van der Waals surface area contributed by atoms with E-state index < -0.39 is 11.8 Å². The Morgan fingerprint density at radius 2 is 1.65 bits per heavy atom. The van der Waals surface area contributed by atoms with E-state index in [0.29, 0.717) is 17.3 Å². The zero-order valence-corrected chi connectivity index (χ0v) is 13.8. The van der Waals surface area contributed by atoms with Crippen LogP contribution >= 0.6 is 0 Å². The van der Waals surface area contributed by atoms with Crippen LogP contribution in [-0.4, -0.2) is 21.8 Å². The summed E-state index contributed by atoms with van der Waals surface area (Å²) in [5, 5.41) is 3.08. The molecule has 5 N–H and O–H groups in total. The number of anilines is 2. The topological polar surface area (TPSA) is 124 Å². The monoisotopic (exact) mass is 347 g/mol. The fourth-order valence-corrected chi connectivity index (χ4v) is 2.43. The predicted molar refractivity (Wildman–Crippen MR) is 98.6 cm³/mol. The smallest absolute Gasteiger partial charge is 0.254 e. The average molecular weight is 347 g/mol. The van der Waals surface area contributed by atoms with E-state index >= 15 is 0 Å². The molecule has 7 nitrogen and oxygen atoms in total. The summed E-state index contributed by atoms with van der Waals surface area (Å²) < 4.78 is 0. The molecular formula is C19H17N5O2. The number of nitrogens with two attached hydrogens (primary N) is 2. The van der Waals surface area contributed by atoms with Crippen LogP contribution in [0.3, 0.4) is 0 Å². The van der Waals surface area contributed by atoms with Gasteiger partial charge in [-0.2, -0.15) is 0 Å². The molecule has 0 aliphatic carbocycles. The van der Waals surface area contributed by atoms with Crippen LogP contribution in [0.2, 0.25) is 0 Å². The van der Waals surface area contributed by atoms with Crippen LogP contribution in [0.15, 0.2) is 60.8 Å². The molecule has 3 aromatic rings. The molecule has 3 rings (SSSR count). The second-order valence-electron chi connectivity index (χ2n) is 5.65. The van der Waals surface area contributed by atoms with Crippen molar-refractivity contribution in [2.45, 2.75) is 6.42 Å². The van der Waals surface area contributed by atoms with Crippen molar-refractivity contribution in [1.82, 2.24) is 9.97 Å². The van der Waals surface area contributed by atoms with Crippen LogP contribution in [0.4, 0.5) is 11.5 Å². The van der Waals surface area contributed by atoms with Gasteiger partial charge < -0.3 is 16.8 Å². The molecule has 0 unspecified atom stereocenters. The van der Waals surface area contributed by atoms with Gasteiger partial charge in [-0.1, -0.05) is 42.5 Å². The zero-order chi connectivity index (χ0) is 18.5. The van der Waals surface area contributed by atoms with Crippen LogP contribution in [0.25, 0.3) is 11.4 Å². The number of amides is 2. The summed E-state index contributed by atoms with van der Waals surface area (Å²) in [7, 11) is 0. The molecule has 2 amide bonds. The quantitative estimate of drug-likeness (QED) is 0.629. The molecule has 26 heavy (non-hydrogen) atoms. The highest BCUT2D eigenvalue weighted by molar-refractivity contribution is 5.98. The van der Waals surface area contributed by atoms with E-state index in [1.807, 2.05) is 30.3 Å². The van der Waals surface area contributed by atoms with Gasteiger partial charge in [-0.05, 0) is 17.7 Å².